The molecule has 0 radical (unpaired) electrons. The molecule has 1 heterocycles. The first-order valence-corrected chi connectivity index (χ1v) is 12.4. The summed E-state index contributed by atoms with van der Waals surface area (Å²) in [7, 11) is -3.81. The monoisotopic (exact) mass is 436 g/mol. The highest BCUT2D eigenvalue weighted by Crippen LogP contribution is 2.29. The summed E-state index contributed by atoms with van der Waals surface area (Å²) in [5.41, 5.74) is 6.16. The molecule has 1 aliphatic heterocycles. The Morgan fingerprint density at radius 2 is 1.73 bits per heavy atom. The topological polar surface area (TPSA) is 113 Å². The minimum Gasteiger partial charge on any atom is -0.352 e. The Bertz CT molecular complexity index is 825. The van der Waals surface area contributed by atoms with Gasteiger partial charge in [0.25, 0.3) is 5.91 Å². The predicted octanol–water partition coefficient (Wildman–Crippen LogP) is 1.03. The summed E-state index contributed by atoms with van der Waals surface area (Å²) in [6, 6.07) is 8.88. The highest BCUT2D eigenvalue weighted by Gasteiger charge is 2.44. The van der Waals surface area contributed by atoms with Gasteiger partial charge in [-0.2, -0.15) is 4.31 Å². The number of amides is 2. The van der Waals surface area contributed by atoms with Gasteiger partial charge >= 0.3 is 0 Å². The summed E-state index contributed by atoms with van der Waals surface area (Å²) in [6.45, 7) is 1.07. The summed E-state index contributed by atoms with van der Waals surface area (Å²) in [4.78, 5) is 27.7. The van der Waals surface area contributed by atoms with Crippen LogP contribution in [-0.2, 0) is 25.4 Å². The second kappa shape index (κ2) is 10.4. The van der Waals surface area contributed by atoms with Gasteiger partial charge in [-0.15, -0.1) is 0 Å². The van der Waals surface area contributed by atoms with Gasteiger partial charge in [-0.3, -0.25) is 9.59 Å². The smallest absolute Gasteiger partial charge is 0.259 e. The Hall–Kier alpha value is -1.97. The number of benzene rings is 1. The minimum absolute atomic E-state index is 0.109. The zero-order valence-corrected chi connectivity index (χ0v) is 18.1. The summed E-state index contributed by atoms with van der Waals surface area (Å²) >= 11 is 0. The fourth-order valence-electron chi connectivity index (χ4n) is 4.33. The lowest BCUT2D eigenvalue weighted by atomic mass is 9.88. The van der Waals surface area contributed by atoms with Crippen LogP contribution in [0.4, 0.5) is 0 Å². The van der Waals surface area contributed by atoms with Crippen LogP contribution in [0.1, 0.15) is 44.1 Å². The van der Waals surface area contributed by atoms with Crippen molar-refractivity contribution in [2.75, 3.05) is 26.2 Å². The van der Waals surface area contributed by atoms with Gasteiger partial charge in [0.05, 0.1) is 5.75 Å². The van der Waals surface area contributed by atoms with Crippen molar-refractivity contribution in [2.24, 2.45) is 11.7 Å². The van der Waals surface area contributed by atoms with Crippen molar-refractivity contribution in [2.45, 2.75) is 50.4 Å². The minimum atomic E-state index is -3.81. The Balaban J connectivity index is 1.87. The molecule has 9 heteroatoms. The van der Waals surface area contributed by atoms with Crippen LogP contribution in [0.25, 0.3) is 0 Å². The second-order valence-corrected chi connectivity index (χ2v) is 9.95. The van der Waals surface area contributed by atoms with E-state index < -0.39 is 22.1 Å². The van der Waals surface area contributed by atoms with E-state index in [4.69, 9.17) is 5.73 Å². The summed E-state index contributed by atoms with van der Waals surface area (Å²) in [5, 5.41) is 2.69. The Morgan fingerprint density at radius 1 is 1.03 bits per heavy atom. The first kappa shape index (κ1) is 22.7. The molecule has 166 valence electrons. The molecule has 1 aliphatic carbocycles. The zero-order chi connectivity index (χ0) is 21.6. The molecule has 3 N–H and O–H groups in total. The highest BCUT2D eigenvalue weighted by molar-refractivity contribution is 7.88. The molecule has 8 nitrogen and oxygen atoms in total. The third-order valence-corrected chi connectivity index (χ3v) is 7.61. The van der Waals surface area contributed by atoms with E-state index in [0.717, 1.165) is 32.1 Å². The number of sulfonamides is 1. The molecule has 30 heavy (non-hydrogen) atoms. The van der Waals surface area contributed by atoms with Gasteiger partial charge in [-0.25, -0.2) is 8.42 Å². The van der Waals surface area contributed by atoms with Crippen LogP contribution in [0.2, 0.25) is 0 Å². The molecule has 0 aromatic heterocycles. The molecule has 1 saturated carbocycles. The Morgan fingerprint density at radius 3 is 2.40 bits per heavy atom. The molecule has 1 atom stereocenters. The van der Waals surface area contributed by atoms with Crippen LogP contribution < -0.4 is 11.1 Å². The molecule has 1 aromatic rings. The predicted molar refractivity (Wildman–Crippen MR) is 115 cm³/mol. The van der Waals surface area contributed by atoms with Gasteiger partial charge in [-0.1, -0.05) is 49.6 Å². The van der Waals surface area contributed by atoms with Gasteiger partial charge in [0.15, 0.2) is 6.17 Å². The summed E-state index contributed by atoms with van der Waals surface area (Å²) in [6.07, 6.45) is 4.03. The zero-order valence-electron chi connectivity index (χ0n) is 17.3. The van der Waals surface area contributed by atoms with Gasteiger partial charge in [-0.05, 0) is 24.8 Å². The van der Waals surface area contributed by atoms with Gasteiger partial charge in [0.1, 0.15) is 0 Å². The quantitative estimate of drug-likeness (QED) is 0.663. The van der Waals surface area contributed by atoms with Gasteiger partial charge < -0.3 is 16.0 Å². The van der Waals surface area contributed by atoms with E-state index >= 15 is 0 Å². The Kier molecular flexibility index (Phi) is 7.85. The SMILES string of the molecule is NCCNC(=O)C1N(C(=O)C2CCCCC2)CCCN1S(=O)(=O)Cc1ccccc1. The molecule has 0 spiro atoms. The molecule has 1 aromatic carbocycles. The van der Waals surface area contributed by atoms with E-state index in [0.29, 0.717) is 18.5 Å². The first-order chi connectivity index (χ1) is 14.4. The molecule has 1 saturated heterocycles. The van der Waals surface area contributed by atoms with Crippen LogP contribution in [0.3, 0.4) is 0 Å². The van der Waals surface area contributed by atoms with Crippen molar-refractivity contribution in [3.8, 4) is 0 Å². The molecule has 3 rings (SSSR count). The second-order valence-electron chi connectivity index (χ2n) is 8.03. The maximum atomic E-state index is 13.3. The van der Waals surface area contributed by atoms with E-state index in [1.807, 2.05) is 6.07 Å². The average molecular weight is 437 g/mol. The number of nitrogens with one attached hydrogen (secondary N) is 1. The van der Waals surface area contributed by atoms with Crippen molar-refractivity contribution in [3.05, 3.63) is 35.9 Å². The lowest BCUT2D eigenvalue weighted by molar-refractivity contribution is -0.151. The fourth-order valence-corrected chi connectivity index (χ4v) is 6.03. The normalized spacial score (nSPS) is 21.4. The van der Waals surface area contributed by atoms with Crippen molar-refractivity contribution >= 4 is 21.8 Å². The highest BCUT2D eigenvalue weighted by atomic mass is 32.2. The fraction of sp³-hybridized carbons (Fsp3) is 0.619. The standard InChI is InChI=1S/C21H32N4O4S/c22-12-13-23-19(26)20-24(21(27)18-10-5-2-6-11-18)14-7-15-25(20)30(28,29)16-17-8-3-1-4-9-17/h1,3-4,8-9,18,20H,2,5-7,10-16,22H2,(H,23,26). The molecule has 2 fully saturated rings. The lowest BCUT2D eigenvalue weighted by Gasteiger charge is -2.43. The first-order valence-electron chi connectivity index (χ1n) is 10.8. The number of nitrogens with two attached hydrogens (primary N) is 1. The van der Waals surface area contributed by atoms with E-state index in [9.17, 15) is 18.0 Å². The Labute approximate surface area is 178 Å². The van der Waals surface area contributed by atoms with Crippen molar-refractivity contribution in [1.82, 2.24) is 14.5 Å². The summed E-state index contributed by atoms with van der Waals surface area (Å²) < 4.78 is 27.7. The molecular formula is C21H32N4O4S. The largest absolute Gasteiger partial charge is 0.352 e. The maximum Gasteiger partial charge on any atom is 0.259 e. The van der Waals surface area contributed by atoms with Crippen LogP contribution >= 0.6 is 0 Å². The van der Waals surface area contributed by atoms with Crippen LogP contribution in [0.15, 0.2) is 30.3 Å². The lowest BCUT2D eigenvalue weighted by Crippen LogP contribution is -2.64. The van der Waals surface area contributed by atoms with E-state index in [-0.39, 0.29) is 37.2 Å². The van der Waals surface area contributed by atoms with Crippen LogP contribution in [-0.4, -0.2) is 61.8 Å². The number of nitrogens with zero attached hydrogens (tertiary/aromatic N) is 2. The van der Waals surface area contributed by atoms with Crippen LogP contribution in [0.5, 0.6) is 0 Å². The number of hydrogen-bond donors (Lipinski definition) is 2. The van der Waals surface area contributed by atoms with E-state index in [1.54, 1.807) is 24.3 Å². The van der Waals surface area contributed by atoms with Crippen molar-refractivity contribution in [1.29, 1.82) is 0 Å². The van der Waals surface area contributed by atoms with Crippen LogP contribution in [0, 0.1) is 5.92 Å². The number of carbonyl (C=O) groups is 2. The number of hydrogen-bond acceptors (Lipinski definition) is 5. The maximum absolute atomic E-state index is 13.3. The molecule has 2 amide bonds. The summed E-state index contributed by atoms with van der Waals surface area (Å²) in [5.74, 6) is -0.941. The molecule has 2 aliphatic rings. The van der Waals surface area contributed by atoms with Crippen molar-refractivity contribution < 1.29 is 18.0 Å². The van der Waals surface area contributed by atoms with Gasteiger partial charge in [0, 0.05) is 32.1 Å². The van der Waals surface area contributed by atoms with Crippen molar-refractivity contribution in [3.63, 3.8) is 0 Å². The van der Waals surface area contributed by atoms with Gasteiger partial charge in [0.2, 0.25) is 15.9 Å². The molecule has 0 bridgehead atoms. The molecular weight excluding hydrogens is 404 g/mol. The van der Waals surface area contributed by atoms with E-state index in [2.05, 4.69) is 5.32 Å². The van der Waals surface area contributed by atoms with E-state index in [1.165, 1.54) is 9.21 Å². The average Bonchev–Trinajstić information content (AvgIpc) is 2.77. The third-order valence-electron chi connectivity index (χ3n) is 5.81. The molecule has 1 unspecified atom stereocenters. The number of carbonyl (C=O) groups excluding carboxylic acids is 2. The third kappa shape index (κ3) is 5.39. The number of rotatable bonds is 7.